The van der Waals surface area contributed by atoms with Gasteiger partial charge in [-0.15, -0.1) is 0 Å². The Morgan fingerprint density at radius 1 is 1.14 bits per heavy atom. The number of nitrogen functional groups attached to an aromatic ring is 1. The van der Waals surface area contributed by atoms with Gasteiger partial charge >= 0.3 is 0 Å². The molecule has 3 aromatic rings. The number of aromatic nitrogens is 4. The number of rotatable bonds is 4. The third-order valence-corrected chi connectivity index (χ3v) is 5.70. The van der Waals surface area contributed by atoms with Crippen LogP contribution in [0.3, 0.4) is 0 Å². The maximum Gasteiger partial charge on any atom is 0.260 e. The number of hydrogen-bond acceptors (Lipinski definition) is 7. The Morgan fingerprint density at radius 2 is 1.90 bits per heavy atom. The van der Waals surface area contributed by atoms with E-state index in [1.807, 2.05) is 19.1 Å². The summed E-state index contributed by atoms with van der Waals surface area (Å²) in [5.74, 6) is 0.674. The number of pyridine rings is 2. The predicted octanol–water partition coefficient (Wildman–Crippen LogP) is 2.88. The third-order valence-electron chi connectivity index (χ3n) is 5.70. The monoisotopic (exact) mass is 395 g/mol. The van der Waals surface area contributed by atoms with Crippen LogP contribution < -0.4 is 16.0 Å². The average Bonchev–Trinajstić information content (AvgIpc) is 2.74. The van der Waals surface area contributed by atoms with Crippen molar-refractivity contribution in [1.29, 1.82) is 0 Å². The maximum absolute atomic E-state index is 13.6. The van der Waals surface area contributed by atoms with Crippen molar-refractivity contribution in [2.45, 2.75) is 44.8 Å². The van der Waals surface area contributed by atoms with Crippen molar-refractivity contribution in [2.75, 3.05) is 20.0 Å². The van der Waals surface area contributed by atoms with Crippen molar-refractivity contribution in [3.8, 4) is 17.0 Å². The van der Waals surface area contributed by atoms with E-state index in [0.717, 1.165) is 42.3 Å². The van der Waals surface area contributed by atoms with E-state index in [9.17, 15) is 4.79 Å². The topological polar surface area (TPSA) is 105 Å². The summed E-state index contributed by atoms with van der Waals surface area (Å²) in [5.41, 5.74) is 8.45. The Labute approximate surface area is 168 Å². The fourth-order valence-electron chi connectivity index (χ4n) is 4.12. The van der Waals surface area contributed by atoms with Crippen LogP contribution >= 0.6 is 0 Å². The molecule has 3 heterocycles. The summed E-state index contributed by atoms with van der Waals surface area (Å²) in [6, 6.07) is 5.47. The van der Waals surface area contributed by atoms with Crippen molar-refractivity contribution in [2.24, 2.45) is 0 Å². The first-order valence-corrected chi connectivity index (χ1v) is 9.74. The van der Waals surface area contributed by atoms with Gasteiger partial charge in [-0.05, 0) is 44.7 Å². The minimum Gasteiger partial charge on any atom is -0.481 e. The molecule has 29 heavy (non-hydrogen) atoms. The van der Waals surface area contributed by atoms with Gasteiger partial charge in [-0.2, -0.15) is 4.98 Å². The zero-order valence-corrected chi connectivity index (χ0v) is 16.9. The molecule has 4 rings (SSSR count). The second-order valence-corrected chi connectivity index (χ2v) is 7.39. The van der Waals surface area contributed by atoms with Gasteiger partial charge in [0.2, 0.25) is 11.8 Å². The van der Waals surface area contributed by atoms with Gasteiger partial charge in [0.25, 0.3) is 5.56 Å². The molecule has 0 bridgehead atoms. The molecule has 0 saturated heterocycles. The number of nitrogens with two attached hydrogens (primary N) is 1. The van der Waals surface area contributed by atoms with E-state index in [-0.39, 0.29) is 23.7 Å². The Balaban J connectivity index is 1.92. The van der Waals surface area contributed by atoms with Gasteiger partial charge in [-0.1, -0.05) is 0 Å². The third kappa shape index (κ3) is 3.55. The highest BCUT2D eigenvalue weighted by atomic mass is 16.5. The molecule has 2 N–H and O–H groups in total. The average molecular weight is 395 g/mol. The molecular formula is C21H25N5O3. The van der Waals surface area contributed by atoms with Crippen LogP contribution in [0.1, 0.15) is 37.4 Å². The second-order valence-electron chi connectivity index (χ2n) is 7.39. The molecule has 0 spiro atoms. The quantitative estimate of drug-likeness (QED) is 0.724. The molecular weight excluding hydrogens is 370 g/mol. The van der Waals surface area contributed by atoms with E-state index in [4.69, 9.17) is 15.2 Å². The van der Waals surface area contributed by atoms with Crippen molar-refractivity contribution in [1.82, 2.24) is 19.5 Å². The first-order chi connectivity index (χ1) is 14.0. The lowest BCUT2D eigenvalue weighted by atomic mass is 9.92. The van der Waals surface area contributed by atoms with Crippen LogP contribution in [0.15, 0.2) is 29.2 Å². The highest BCUT2D eigenvalue weighted by Crippen LogP contribution is 2.32. The number of hydrogen-bond donors (Lipinski definition) is 1. The van der Waals surface area contributed by atoms with E-state index < -0.39 is 0 Å². The lowest BCUT2D eigenvalue weighted by molar-refractivity contribution is 0.0585. The molecule has 8 nitrogen and oxygen atoms in total. The first kappa shape index (κ1) is 19.3. The van der Waals surface area contributed by atoms with Crippen LogP contribution in [0.4, 0.5) is 5.95 Å². The summed E-state index contributed by atoms with van der Waals surface area (Å²) in [7, 11) is 3.30. The Bertz CT molecular complexity index is 1090. The molecule has 1 aliphatic carbocycles. The summed E-state index contributed by atoms with van der Waals surface area (Å²) < 4.78 is 12.4. The Hall–Kier alpha value is -3.00. The van der Waals surface area contributed by atoms with Gasteiger partial charge < -0.3 is 15.2 Å². The molecule has 0 amide bonds. The van der Waals surface area contributed by atoms with E-state index in [0.29, 0.717) is 17.1 Å². The van der Waals surface area contributed by atoms with Crippen molar-refractivity contribution in [3.63, 3.8) is 0 Å². The zero-order chi connectivity index (χ0) is 20.5. The van der Waals surface area contributed by atoms with Crippen LogP contribution in [0.2, 0.25) is 0 Å². The van der Waals surface area contributed by atoms with Crippen LogP contribution in [0.25, 0.3) is 22.2 Å². The maximum atomic E-state index is 13.6. The van der Waals surface area contributed by atoms with Gasteiger partial charge in [0, 0.05) is 41.9 Å². The highest BCUT2D eigenvalue weighted by Gasteiger charge is 2.26. The number of ether oxygens (including phenoxy) is 2. The molecule has 0 aromatic carbocycles. The summed E-state index contributed by atoms with van der Waals surface area (Å²) >= 11 is 0. The molecule has 0 aliphatic heterocycles. The fourth-order valence-corrected chi connectivity index (χ4v) is 4.12. The van der Waals surface area contributed by atoms with Gasteiger partial charge in [-0.3, -0.25) is 9.36 Å². The summed E-state index contributed by atoms with van der Waals surface area (Å²) in [6.07, 6.45) is 5.40. The number of aryl methyl sites for hydroxylation is 1. The largest absolute Gasteiger partial charge is 0.481 e. The molecule has 0 atom stereocenters. The molecule has 1 saturated carbocycles. The Kier molecular flexibility index (Phi) is 5.19. The van der Waals surface area contributed by atoms with Crippen molar-refractivity contribution < 1.29 is 9.47 Å². The number of nitrogens with zero attached hydrogens (tertiary/aromatic N) is 4. The highest BCUT2D eigenvalue weighted by molar-refractivity contribution is 5.84. The van der Waals surface area contributed by atoms with E-state index >= 15 is 0 Å². The first-order valence-electron chi connectivity index (χ1n) is 9.74. The normalized spacial score (nSPS) is 19.4. The lowest BCUT2D eigenvalue weighted by Crippen LogP contribution is -2.31. The van der Waals surface area contributed by atoms with Crippen LogP contribution in [0, 0.1) is 6.92 Å². The molecule has 8 heteroatoms. The van der Waals surface area contributed by atoms with Gasteiger partial charge in [0.05, 0.1) is 18.9 Å². The van der Waals surface area contributed by atoms with Gasteiger partial charge in [-0.25, -0.2) is 9.97 Å². The Morgan fingerprint density at radius 3 is 2.52 bits per heavy atom. The van der Waals surface area contributed by atoms with Gasteiger partial charge in [0.15, 0.2) is 0 Å². The van der Waals surface area contributed by atoms with E-state index in [1.165, 1.54) is 0 Å². The SMILES string of the molecule is COc1ccc(-c2cc3c(C)nc(N)nc3n([C@H]3CC[C@H](OC)CC3)c2=O)cn1. The lowest BCUT2D eigenvalue weighted by Gasteiger charge is -2.30. The molecule has 152 valence electrons. The minimum absolute atomic E-state index is 0.0382. The predicted molar refractivity (Wildman–Crippen MR) is 111 cm³/mol. The van der Waals surface area contributed by atoms with Crippen molar-refractivity contribution in [3.05, 3.63) is 40.4 Å². The molecule has 0 unspecified atom stereocenters. The number of methoxy groups -OCH3 is 2. The molecule has 3 aromatic heterocycles. The van der Waals surface area contributed by atoms with Crippen molar-refractivity contribution >= 4 is 17.0 Å². The summed E-state index contributed by atoms with van der Waals surface area (Å²) in [6.45, 7) is 1.88. The smallest absolute Gasteiger partial charge is 0.260 e. The van der Waals surface area contributed by atoms with E-state index in [2.05, 4.69) is 15.0 Å². The van der Waals surface area contributed by atoms with Crippen LogP contribution in [-0.4, -0.2) is 39.8 Å². The summed E-state index contributed by atoms with van der Waals surface area (Å²) in [4.78, 5) is 26.6. The molecule has 1 fully saturated rings. The second kappa shape index (κ2) is 7.79. The zero-order valence-electron chi connectivity index (χ0n) is 16.9. The van der Waals surface area contributed by atoms with Crippen LogP contribution in [-0.2, 0) is 4.74 Å². The van der Waals surface area contributed by atoms with Gasteiger partial charge in [0.1, 0.15) is 5.65 Å². The van der Waals surface area contributed by atoms with Crippen LogP contribution in [0.5, 0.6) is 5.88 Å². The standard InChI is InChI=1S/C21H25N5O3/c1-12-16-10-17(13-4-9-18(29-3)23-11-13)20(27)26(19(16)25-21(22)24-12)14-5-7-15(28-2)8-6-14/h4,9-11,14-15H,5-8H2,1-3H3,(H2,22,24,25)/t14-,15-. The van der Waals surface area contributed by atoms with E-state index in [1.54, 1.807) is 31.0 Å². The number of fused-ring (bicyclic) bond motifs is 1. The fraction of sp³-hybridized carbons (Fsp3) is 0.429. The molecule has 0 radical (unpaired) electrons. The molecule has 1 aliphatic rings. The summed E-state index contributed by atoms with van der Waals surface area (Å²) in [5, 5.41) is 0.818. The number of anilines is 1. The minimum atomic E-state index is -0.0946.